The van der Waals surface area contributed by atoms with Crippen LogP contribution in [0, 0.1) is 6.92 Å². The molecule has 4 rings (SSSR count). The molecule has 1 amide bonds. The average Bonchev–Trinajstić information content (AvgIpc) is 3.18. The molecule has 0 aliphatic carbocycles. The van der Waals surface area contributed by atoms with Crippen molar-refractivity contribution < 1.29 is 13.7 Å². The number of hydrogen-bond donors (Lipinski definition) is 1. The predicted molar refractivity (Wildman–Crippen MR) is 104 cm³/mol. The Kier molecular flexibility index (Phi) is 4.77. The molecule has 0 bridgehead atoms. The van der Waals surface area contributed by atoms with Crippen molar-refractivity contribution in [3.8, 4) is 11.4 Å². The first-order chi connectivity index (χ1) is 13.1. The SMILES string of the molecule is Cc1ccccc1-n1nc2c(c1NC(=O)COc1ccccc1)C[S@](=O)C2. The van der Waals surface area contributed by atoms with Gasteiger partial charge >= 0.3 is 0 Å². The highest BCUT2D eigenvalue weighted by Crippen LogP contribution is 2.32. The summed E-state index contributed by atoms with van der Waals surface area (Å²) in [5.41, 5.74) is 3.54. The van der Waals surface area contributed by atoms with E-state index in [1.807, 2.05) is 49.4 Å². The van der Waals surface area contributed by atoms with Gasteiger partial charge in [0.05, 0.1) is 22.9 Å². The van der Waals surface area contributed by atoms with Crippen LogP contribution in [-0.2, 0) is 27.1 Å². The summed E-state index contributed by atoms with van der Waals surface area (Å²) < 4.78 is 19.2. The summed E-state index contributed by atoms with van der Waals surface area (Å²) in [7, 11) is -0.975. The van der Waals surface area contributed by atoms with Crippen LogP contribution in [0.5, 0.6) is 5.75 Å². The van der Waals surface area contributed by atoms with E-state index in [1.54, 1.807) is 16.8 Å². The first-order valence-electron chi connectivity index (χ1n) is 8.61. The number of carbonyl (C=O) groups is 1. The van der Waals surface area contributed by atoms with Crippen molar-refractivity contribution in [3.63, 3.8) is 0 Å². The molecule has 0 saturated carbocycles. The van der Waals surface area contributed by atoms with Gasteiger partial charge in [0.1, 0.15) is 11.6 Å². The van der Waals surface area contributed by atoms with Crippen LogP contribution in [0.2, 0.25) is 0 Å². The van der Waals surface area contributed by atoms with Crippen molar-refractivity contribution in [1.82, 2.24) is 9.78 Å². The maximum atomic E-state index is 12.5. The predicted octanol–water partition coefficient (Wildman–Crippen LogP) is 2.96. The smallest absolute Gasteiger partial charge is 0.263 e. The molecule has 0 unspecified atom stereocenters. The second-order valence-electron chi connectivity index (χ2n) is 6.35. The Labute approximate surface area is 159 Å². The zero-order chi connectivity index (χ0) is 18.8. The summed E-state index contributed by atoms with van der Waals surface area (Å²) >= 11 is 0. The zero-order valence-electron chi connectivity index (χ0n) is 14.8. The van der Waals surface area contributed by atoms with Crippen LogP contribution < -0.4 is 10.1 Å². The number of nitrogens with zero attached hydrogens (tertiary/aromatic N) is 2. The van der Waals surface area contributed by atoms with Gasteiger partial charge < -0.3 is 10.1 Å². The standard InChI is InChI=1S/C20H19N3O3S/c1-14-7-5-6-10-18(14)23-20(16-12-27(25)13-17(16)22-23)21-19(24)11-26-15-8-3-2-4-9-15/h2-10H,11-13H2,1H3,(H,21,24)/t27-/m0/s1. The molecular formula is C20H19N3O3S. The molecule has 1 aliphatic heterocycles. The first-order valence-corrected chi connectivity index (χ1v) is 10.1. The fourth-order valence-corrected chi connectivity index (χ4v) is 4.33. The lowest BCUT2D eigenvalue weighted by Crippen LogP contribution is -2.22. The van der Waals surface area contributed by atoms with Gasteiger partial charge in [0.25, 0.3) is 5.91 Å². The molecule has 3 aromatic rings. The van der Waals surface area contributed by atoms with E-state index in [1.165, 1.54) is 0 Å². The fraction of sp³-hybridized carbons (Fsp3) is 0.200. The molecule has 27 heavy (non-hydrogen) atoms. The molecule has 1 N–H and O–H groups in total. The van der Waals surface area contributed by atoms with Crippen LogP contribution >= 0.6 is 0 Å². The molecule has 0 fully saturated rings. The Morgan fingerprint density at radius 3 is 2.67 bits per heavy atom. The fourth-order valence-electron chi connectivity index (χ4n) is 3.07. The molecule has 2 heterocycles. The maximum absolute atomic E-state index is 12.5. The van der Waals surface area contributed by atoms with Crippen molar-refractivity contribution >= 4 is 22.5 Å². The minimum absolute atomic E-state index is 0.110. The molecule has 1 atom stereocenters. The number of aromatic nitrogens is 2. The van der Waals surface area contributed by atoms with Crippen LogP contribution in [0.1, 0.15) is 16.8 Å². The zero-order valence-corrected chi connectivity index (χ0v) is 15.7. The number of benzene rings is 2. The van der Waals surface area contributed by atoms with Crippen LogP contribution in [0.4, 0.5) is 5.82 Å². The van der Waals surface area contributed by atoms with Gasteiger partial charge in [-0.15, -0.1) is 0 Å². The summed E-state index contributed by atoms with van der Waals surface area (Å²) in [4.78, 5) is 12.5. The number of para-hydroxylation sites is 2. The van der Waals surface area contributed by atoms with Crippen LogP contribution in [0.15, 0.2) is 54.6 Å². The largest absolute Gasteiger partial charge is 0.484 e. The number of carbonyl (C=O) groups excluding carboxylic acids is 1. The Balaban J connectivity index is 1.60. The lowest BCUT2D eigenvalue weighted by atomic mass is 10.2. The van der Waals surface area contributed by atoms with E-state index in [0.29, 0.717) is 23.1 Å². The number of hydrogen-bond acceptors (Lipinski definition) is 4. The van der Waals surface area contributed by atoms with E-state index in [-0.39, 0.29) is 12.5 Å². The van der Waals surface area contributed by atoms with Gasteiger partial charge in [-0.3, -0.25) is 9.00 Å². The normalized spacial score (nSPS) is 15.4. The number of amides is 1. The number of rotatable bonds is 5. The van der Waals surface area contributed by atoms with Crippen molar-refractivity contribution in [2.45, 2.75) is 18.4 Å². The minimum Gasteiger partial charge on any atom is -0.484 e. The Morgan fingerprint density at radius 2 is 1.89 bits per heavy atom. The molecule has 0 saturated heterocycles. The van der Waals surface area contributed by atoms with Crippen molar-refractivity contribution in [2.75, 3.05) is 11.9 Å². The van der Waals surface area contributed by atoms with Gasteiger partial charge in [-0.25, -0.2) is 4.68 Å². The third-order valence-electron chi connectivity index (χ3n) is 4.38. The monoisotopic (exact) mass is 381 g/mol. The number of aryl methyl sites for hydroxylation is 1. The summed E-state index contributed by atoms with van der Waals surface area (Å²) in [6, 6.07) is 17.0. The first kappa shape index (κ1) is 17.5. The average molecular weight is 381 g/mol. The van der Waals surface area contributed by atoms with Crippen molar-refractivity contribution in [1.29, 1.82) is 0 Å². The van der Waals surface area contributed by atoms with E-state index >= 15 is 0 Å². The maximum Gasteiger partial charge on any atom is 0.263 e. The van der Waals surface area contributed by atoms with E-state index in [9.17, 15) is 9.00 Å². The van der Waals surface area contributed by atoms with E-state index in [0.717, 1.165) is 22.5 Å². The number of nitrogens with one attached hydrogen (secondary N) is 1. The molecule has 7 heteroatoms. The summed E-state index contributed by atoms with van der Waals surface area (Å²) in [5, 5.41) is 7.52. The quantitative estimate of drug-likeness (QED) is 0.737. The van der Waals surface area contributed by atoms with Gasteiger partial charge in [0.2, 0.25) is 0 Å². The summed E-state index contributed by atoms with van der Waals surface area (Å²) in [6.45, 7) is 1.88. The van der Waals surface area contributed by atoms with E-state index in [2.05, 4.69) is 10.4 Å². The van der Waals surface area contributed by atoms with E-state index in [4.69, 9.17) is 4.74 Å². The number of anilines is 1. The Hall–Kier alpha value is -2.93. The Bertz CT molecular complexity index is 1010. The second kappa shape index (κ2) is 7.36. The highest BCUT2D eigenvalue weighted by atomic mass is 32.2. The van der Waals surface area contributed by atoms with Gasteiger partial charge in [-0.1, -0.05) is 36.4 Å². The Morgan fingerprint density at radius 1 is 1.15 bits per heavy atom. The van der Waals surface area contributed by atoms with Crippen LogP contribution in [0.25, 0.3) is 5.69 Å². The highest BCUT2D eigenvalue weighted by Gasteiger charge is 2.28. The van der Waals surface area contributed by atoms with Crippen molar-refractivity contribution in [3.05, 3.63) is 71.4 Å². The molecule has 138 valence electrons. The lowest BCUT2D eigenvalue weighted by Gasteiger charge is -2.13. The van der Waals surface area contributed by atoms with Crippen LogP contribution in [-0.4, -0.2) is 26.5 Å². The molecule has 6 nitrogen and oxygen atoms in total. The summed E-state index contributed by atoms with van der Waals surface area (Å²) in [6.07, 6.45) is 0. The number of ether oxygens (including phenoxy) is 1. The topological polar surface area (TPSA) is 73.2 Å². The van der Waals surface area contributed by atoms with Gasteiger partial charge in [0.15, 0.2) is 6.61 Å². The highest BCUT2D eigenvalue weighted by molar-refractivity contribution is 7.83. The molecule has 0 radical (unpaired) electrons. The molecule has 1 aliphatic rings. The van der Waals surface area contributed by atoms with E-state index < -0.39 is 10.8 Å². The summed E-state index contributed by atoms with van der Waals surface area (Å²) in [5.74, 6) is 1.74. The lowest BCUT2D eigenvalue weighted by molar-refractivity contribution is -0.118. The third kappa shape index (κ3) is 3.64. The van der Waals surface area contributed by atoms with Gasteiger partial charge in [0, 0.05) is 16.4 Å². The minimum atomic E-state index is -0.975. The molecule has 1 aromatic heterocycles. The van der Waals surface area contributed by atoms with Crippen LogP contribution in [0.3, 0.4) is 0 Å². The van der Waals surface area contributed by atoms with Crippen molar-refractivity contribution in [2.24, 2.45) is 0 Å². The third-order valence-corrected chi connectivity index (χ3v) is 5.59. The molecule has 0 spiro atoms. The number of fused-ring (bicyclic) bond motifs is 1. The molecule has 2 aromatic carbocycles. The van der Waals surface area contributed by atoms with Gasteiger partial charge in [-0.05, 0) is 30.7 Å². The van der Waals surface area contributed by atoms with Gasteiger partial charge in [-0.2, -0.15) is 5.10 Å². The second-order valence-corrected chi connectivity index (χ2v) is 7.81. The molecular weight excluding hydrogens is 362 g/mol.